The molecule has 2 rings (SSSR count). The van der Waals surface area contributed by atoms with Crippen LogP contribution in [0.2, 0.25) is 0 Å². The van der Waals surface area contributed by atoms with Crippen molar-refractivity contribution in [2.45, 2.75) is 45.3 Å². The van der Waals surface area contributed by atoms with E-state index in [4.69, 9.17) is 4.74 Å². The van der Waals surface area contributed by atoms with Crippen LogP contribution in [0.15, 0.2) is 12.1 Å². The highest BCUT2D eigenvalue weighted by Crippen LogP contribution is 2.30. The highest BCUT2D eigenvalue weighted by Gasteiger charge is 2.35. The van der Waals surface area contributed by atoms with E-state index in [1.165, 1.54) is 29.0 Å². The summed E-state index contributed by atoms with van der Waals surface area (Å²) in [5.41, 5.74) is 0. The molecule has 2 atom stereocenters. The van der Waals surface area contributed by atoms with Gasteiger partial charge < -0.3 is 4.74 Å². The highest BCUT2D eigenvalue weighted by molar-refractivity contribution is 7.11. The van der Waals surface area contributed by atoms with E-state index < -0.39 is 0 Å². The Balaban J connectivity index is 1.75. The molecule has 1 aromatic heterocycles. The maximum absolute atomic E-state index is 5.50. The third-order valence-corrected chi connectivity index (χ3v) is 3.62. The van der Waals surface area contributed by atoms with Gasteiger partial charge in [-0.05, 0) is 38.3 Å². The van der Waals surface area contributed by atoms with Gasteiger partial charge in [-0.15, -0.1) is 11.3 Å². The first-order valence-corrected chi connectivity index (χ1v) is 5.82. The second-order valence-electron chi connectivity index (χ2n) is 3.67. The van der Waals surface area contributed by atoms with Crippen molar-refractivity contribution in [1.29, 1.82) is 0 Å². The van der Waals surface area contributed by atoms with E-state index in [9.17, 15) is 0 Å². The molecule has 2 unspecified atom stereocenters. The van der Waals surface area contributed by atoms with Gasteiger partial charge >= 0.3 is 0 Å². The second-order valence-corrected chi connectivity index (χ2v) is 5.04. The summed E-state index contributed by atoms with van der Waals surface area (Å²) in [5.74, 6) is 0. The van der Waals surface area contributed by atoms with Crippen LogP contribution in [0.4, 0.5) is 0 Å². The van der Waals surface area contributed by atoms with Gasteiger partial charge in [0.1, 0.15) is 0 Å². The molecule has 1 aliphatic heterocycles. The molecule has 0 aromatic carbocycles. The summed E-state index contributed by atoms with van der Waals surface area (Å²) in [4.78, 5) is 2.92. The van der Waals surface area contributed by atoms with E-state index in [1.54, 1.807) is 0 Å². The Kier molecular flexibility index (Phi) is 2.70. The molecule has 0 aliphatic carbocycles. The zero-order valence-electron chi connectivity index (χ0n) is 8.25. The average molecular weight is 196 g/mol. The van der Waals surface area contributed by atoms with Crippen molar-refractivity contribution < 1.29 is 4.74 Å². The summed E-state index contributed by atoms with van der Waals surface area (Å²) in [5, 5.41) is 0. The molecular formula is C11H16OS. The lowest BCUT2D eigenvalue weighted by Crippen LogP contribution is -1.93. The fraction of sp³-hybridized carbons (Fsp3) is 0.636. The van der Waals surface area contributed by atoms with Crippen LogP contribution in [-0.2, 0) is 11.2 Å². The summed E-state index contributed by atoms with van der Waals surface area (Å²) in [7, 11) is 0. The van der Waals surface area contributed by atoms with Gasteiger partial charge in [0.05, 0.1) is 12.2 Å². The van der Waals surface area contributed by atoms with Crippen molar-refractivity contribution in [2.24, 2.45) is 0 Å². The van der Waals surface area contributed by atoms with Crippen LogP contribution in [0.1, 0.15) is 29.5 Å². The van der Waals surface area contributed by atoms with Gasteiger partial charge in [0.25, 0.3) is 0 Å². The predicted octanol–water partition coefficient (Wildman–Crippen LogP) is 3.17. The predicted molar refractivity (Wildman–Crippen MR) is 56.3 cm³/mol. The third kappa shape index (κ3) is 2.32. The number of hydrogen-bond donors (Lipinski definition) is 0. The maximum atomic E-state index is 5.50. The van der Waals surface area contributed by atoms with Crippen LogP contribution in [-0.4, -0.2) is 12.2 Å². The summed E-state index contributed by atoms with van der Waals surface area (Å²) in [6.45, 7) is 4.36. The van der Waals surface area contributed by atoms with Gasteiger partial charge in [0.2, 0.25) is 0 Å². The highest BCUT2D eigenvalue weighted by atomic mass is 32.1. The number of ether oxygens (including phenoxy) is 1. The average Bonchev–Trinajstić information content (AvgIpc) is 2.78. The molecule has 13 heavy (non-hydrogen) atoms. The van der Waals surface area contributed by atoms with E-state index >= 15 is 0 Å². The van der Waals surface area contributed by atoms with E-state index in [0.29, 0.717) is 12.2 Å². The molecule has 0 N–H and O–H groups in total. The van der Waals surface area contributed by atoms with E-state index in [-0.39, 0.29) is 0 Å². The van der Waals surface area contributed by atoms with Crippen molar-refractivity contribution in [3.05, 3.63) is 21.9 Å². The summed E-state index contributed by atoms with van der Waals surface area (Å²) >= 11 is 1.91. The van der Waals surface area contributed by atoms with Gasteiger partial charge in [0, 0.05) is 9.75 Å². The molecule has 0 saturated carbocycles. The minimum atomic E-state index is 0.562. The number of aryl methyl sites for hydroxylation is 2. The van der Waals surface area contributed by atoms with Crippen molar-refractivity contribution >= 4 is 11.3 Å². The molecule has 0 radical (unpaired) electrons. The SMILES string of the molecule is CCC1OC1CCc1ccc(C)s1. The largest absolute Gasteiger partial charge is 0.370 e. The Hall–Kier alpha value is -0.340. The number of thiophene rings is 1. The van der Waals surface area contributed by atoms with Gasteiger partial charge in [-0.25, -0.2) is 0 Å². The Morgan fingerprint density at radius 2 is 2.23 bits per heavy atom. The van der Waals surface area contributed by atoms with Crippen molar-refractivity contribution in [3.63, 3.8) is 0 Å². The van der Waals surface area contributed by atoms with Crippen molar-refractivity contribution in [3.8, 4) is 0 Å². The molecule has 1 saturated heterocycles. The molecule has 0 amide bonds. The lowest BCUT2D eigenvalue weighted by atomic mass is 10.1. The first kappa shape index (κ1) is 9.22. The molecule has 1 aromatic rings. The van der Waals surface area contributed by atoms with Crippen molar-refractivity contribution in [2.75, 3.05) is 0 Å². The standard InChI is InChI=1S/C11H16OS/c1-3-10-11(12-10)7-6-9-5-4-8(2)13-9/h4-5,10-11H,3,6-7H2,1-2H3. The van der Waals surface area contributed by atoms with Crippen molar-refractivity contribution in [1.82, 2.24) is 0 Å². The number of hydrogen-bond acceptors (Lipinski definition) is 2. The third-order valence-electron chi connectivity index (χ3n) is 2.56. The lowest BCUT2D eigenvalue weighted by molar-refractivity contribution is 0.360. The molecule has 1 nitrogen and oxygen atoms in total. The lowest BCUT2D eigenvalue weighted by Gasteiger charge is -1.92. The van der Waals surface area contributed by atoms with Crippen LogP contribution in [0.5, 0.6) is 0 Å². The Labute approximate surface area is 83.7 Å². The Morgan fingerprint density at radius 1 is 1.38 bits per heavy atom. The normalized spacial score (nSPS) is 26.3. The molecular weight excluding hydrogens is 180 g/mol. The van der Waals surface area contributed by atoms with E-state index in [1.807, 2.05) is 11.3 Å². The fourth-order valence-electron chi connectivity index (χ4n) is 1.70. The molecule has 2 heterocycles. The van der Waals surface area contributed by atoms with Crippen LogP contribution in [0.3, 0.4) is 0 Å². The van der Waals surface area contributed by atoms with Gasteiger partial charge in [-0.2, -0.15) is 0 Å². The first-order valence-electron chi connectivity index (χ1n) is 5.00. The molecule has 0 spiro atoms. The summed E-state index contributed by atoms with van der Waals surface area (Å²) in [6, 6.07) is 4.44. The number of epoxide rings is 1. The Bertz CT molecular complexity index is 279. The van der Waals surface area contributed by atoms with Crippen LogP contribution in [0, 0.1) is 6.92 Å². The monoisotopic (exact) mass is 196 g/mol. The van der Waals surface area contributed by atoms with Crippen LogP contribution < -0.4 is 0 Å². The molecule has 1 fully saturated rings. The van der Waals surface area contributed by atoms with Gasteiger partial charge in [-0.3, -0.25) is 0 Å². The number of rotatable bonds is 4. The summed E-state index contributed by atoms with van der Waals surface area (Å²) in [6.07, 6.45) is 4.71. The van der Waals surface area contributed by atoms with Crippen LogP contribution in [0.25, 0.3) is 0 Å². The Morgan fingerprint density at radius 3 is 2.77 bits per heavy atom. The maximum Gasteiger partial charge on any atom is 0.0845 e. The minimum absolute atomic E-state index is 0.562. The van der Waals surface area contributed by atoms with Gasteiger partial charge in [-0.1, -0.05) is 6.92 Å². The molecule has 72 valence electrons. The second kappa shape index (κ2) is 3.81. The quantitative estimate of drug-likeness (QED) is 0.674. The van der Waals surface area contributed by atoms with E-state index in [0.717, 1.165) is 0 Å². The minimum Gasteiger partial charge on any atom is -0.370 e. The first-order chi connectivity index (χ1) is 6.29. The van der Waals surface area contributed by atoms with Gasteiger partial charge in [0.15, 0.2) is 0 Å². The molecule has 1 aliphatic rings. The smallest absolute Gasteiger partial charge is 0.0845 e. The summed E-state index contributed by atoms with van der Waals surface area (Å²) < 4.78 is 5.50. The molecule has 2 heteroatoms. The zero-order chi connectivity index (χ0) is 9.26. The fourth-order valence-corrected chi connectivity index (χ4v) is 2.60. The van der Waals surface area contributed by atoms with E-state index in [2.05, 4.69) is 26.0 Å². The molecule has 0 bridgehead atoms. The zero-order valence-corrected chi connectivity index (χ0v) is 9.06. The topological polar surface area (TPSA) is 12.5 Å². The van der Waals surface area contributed by atoms with Crippen LogP contribution >= 0.6 is 11.3 Å².